The second-order valence-electron chi connectivity index (χ2n) is 2.67. The Labute approximate surface area is 74.6 Å². The minimum absolute atomic E-state index is 0.0900. The van der Waals surface area contributed by atoms with Crippen LogP contribution in [0.5, 0.6) is 0 Å². The molecule has 1 heterocycles. The van der Waals surface area contributed by atoms with Gasteiger partial charge in [-0.1, -0.05) is 11.6 Å². The number of hydrogen-bond donors (Lipinski definition) is 2. The minimum Gasteiger partial charge on any atom is -0.394 e. The van der Waals surface area contributed by atoms with E-state index in [1.165, 1.54) is 11.3 Å². The van der Waals surface area contributed by atoms with Gasteiger partial charge in [-0.3, -0.25) is 0 Å². The molecule has 0 saturated heterocycles. The maximum Gasteiger partial charge on any atom is 0.0724 e. The van der Waals surface area contributed by atoms with Crippen LogP contribution in [0, 0.1) is 0 Å². The minimum atomic E-state index is -0.703. The van der Waals surface area contributed by atoms with Crippen molar-refractivity contribution in [3.63, 3.8) is 0 Å². The highest BCUT2D eigenvalue weighted by atomic mass is 35.5. The molecule has 62 valence electrons. The lowest BCUT2D eigenvalue weighted by Gasteiger charge is -2.20. The molecule has 0 saturated carbocycles. The van der Waals surface area contributed by atoms with E-state index in [9.17, 15) is 0 Å². The fourth-order valence-corrected chi connectivity index (χ4v) is 2.11. The molecular weight excluding hydrogens is 182 g/mol. The molecule has 0 bridgehead atoms. The molecule has 2 nitrogen and oxygen atoms in total. The first-order valence-electron chi connectivity index (χ1n) is 3.21. The SMILES string of the molecule is C[C@](N)(CO)c1sccc1Cl. The topological polar surface area (TPSA) is 46.2 Å². The Kier molecular flexibility index (Phi) is 2.54. The molecule has 3 N–H and O–H groups in total. The number of nitrogens with two attached hydrogens (primary N) is 1. The van der Waals surface area contributed by atoms with Crippen LogP contribution in [0.2, 0.25) is 5.02 Å². The van der Waals surface area contributed by atoms with Crippen LogP contribution in [0.3, 0.4) is 0 Å². The molecule has 0 fully saturated rings. The molecular formula is C7H10ClNOS. The van der Waals surface area contributed by atoms with E-state index in [-0.39, 0.29) is 6.61 Å². The lowest BCUT2D eigenvalue weighted by Crippen LogP contribution is -2.36. The van der Waals surface area contributed by atoms with Crippen molar-refractivity contribution in [2.24, 2.45) is 5.73 Å². The average Bonchev–Trinajstić information content (AvgIpc) is 2.36. The van der Waals surface area contributed by atoms with E-state index in [0.29, 0.717) is 5.02 Å². The second-order valence-corrected chi connectivity index (χ2v) is 4.00. The number of rotatable bonds is 2. The largest absolute Gasteiger partial charge is 0.394 e. The van der Waals surface area contributed by atoms with Crippen molar-refractivity contribution in [2.75, 3.05) is 6.61 Å². The molecule has 0 unspecified atom stereocenters. The highest BCUT2D eigenvalue weighted by Crippen LogP contribution is 2.30. The first kappa shape index (κ1) is 9.00. The normalized spacial score (nSPS) is 16.4. The monoisotopic (exact) mass is 191 g/mol. The Bertz CT molecular complexity index is 246. The quantitative estimate of drug-likeness (QED) is 0.746. The van der Waals surface area contributed by atoms with Gasteiger partial charge in [-0.05, 0) is 18.4 Å². The van der Waals surface area contributed by atoms with Crippen LogP contribution < -0.4 is 5.73 Å². The summed E-state index contributed by atoms with van der Waals surface area (Å²) >= 11 is 7.29. The van der Waals surface area contributed by atoms with Crippen LogP contribution in [0.1, 0.15) is 11.8 Å². The summed E-state index contributed by atoms with van der Waals surface area (Å²) in [6.07, 6.45) is 0. The van der Waals surface area contributed by atoms with E-state index in [2.05, 4.69) is 0 Å². The number of halogens is 1. The van der Waals surface area contributed by atoms with Crippen LogP contribution in [0.15, 0.2) is 11.4 Å². The molecule has 0 spiro atoms. The molecule has 1 aromatic rings. The van der Waals surface area contributed by atoms with Crippen molar-refractivity contribution in [2.45, 2.75) is 12.5 Å². The second kappa shape index (κ2) is 3.11. The molecule has 1 rings (SSSR count). The third-order valence-electron chi connectivity index (χ3n) is 1.46. The third kappa shape index (κ3) is 1.73. The van der Waals surface area contributed by atoms with Crippen LogP contribution >= 0.6 is 22.9 Å². The summed E-state index contributed by atoms with van der Waals surface area (Å²) in [5.41, 5.74) is 5.06. The average molecular weight is 192 g/mol. The van der Waals surface area contributed by atoms with Gasteiger partial charge in [0.05, 0.1) is 17.2 Å². The highest BCUT2D eigenvalue weighted by molar-refractivity contribution is 7.10. The van der Waals surface area contributed by atoms with Crippen LogP contribution in [-0.4, -0.2) is 11.7 Å². The van der Waals surface area contributed by atoms with E-state index < -0.39 is 5.54 Å². The van der Waals surface area contributed by atoms with Gasteiger partial charge >= 0.3 is 0 Å². The van der Waals surface area contributed by atoms with Gasteiger partial charge in [-0.25, -0.2) is 0 Å². The van der Waals surface area contributed by atoms with E-state index in [0.717, 1.165) is 4.88 Å². The van der Waals surface area contributed by atoms with Crippen molar-refractivity contribution < 1.29 is 5.11 Å². The zero-order valence-electron chi connectivity index (χ0n) is 6.17. The van der Waals surface area contributed by atoms with Gasteiger partial charge in [-0.2, -0.15) is 0 Å². The molecule has 0 amide bonds. The highest BCUT2D eigenvalue weighted by Gasteiger charge is 2.23. The standard InChI is InChI=1S/C7H10ClNOS/c1-7(9,4-10)6-5(8)2-3-11-6/h2-3,10H,4,9H2,1H3/t7-/m0/s1. The van der Waals surface area contributed by atoms with Crippen LogP contribution in [-0.2, 0) is 5.54 Å². The fraction of sp³-hybridized carbons (Fsp3) is 0.429. The maximum absolute atomic E-state index is 8.91. The third-order valence-corrected chi connectivity index (χ3v) is 3.09. The number of aliphatic hydroxyl groups is 1. The van der Waals surface area contributed by atoms with Crippen molar-refractivity contribution in [1.29, 1.82) is 0 Å². The zero-order valence-corrected chi connectivity index (χ0v) is 7.75. The molecule has 0 aliphatic rings. The van der Waals surface area contributed by atoms with Gasteiger partial charge in [0.1, 0.15) is 0 Å². The summed E-state index contributed by atoms with van der Waals surface area (Å²) in [6.45, 7) is 1.66. The predicted molar refractivity (Wildman–Crippen MR) is 48.0 cm³/mol. The van der Waals surface area contributed by atoms with Gasteiger partial charge in [0.15, 0.2) is 0 Å². The van der Waals surface area contributed by atoms with Crippen molar-refractivity contribution in [1.82, 2.24) is 0 Å². The molecule has 0 aliphatic heterocycles. The summed E-state index contributed by atoms with van der Waals surface area (Å²) in [7, 11) is 0. The number of hydrogen-bond acceptors (Lipinski definition) is 3. The summed E-state index contributed by atoms with van der Waals surface area (Å²) in [4.78, 5) is 0.835. The van der Waals surface area contributed by atoms with Gasteiger partial charge < -0.3 is 10.8 Å². The van der Waals surface area contributed by atoms with Crippen molar-refractivity contribution in [3.05, 3.63) is 21.3 Å². The number of aliphatic hydroxyl groups excluding tert-OH is 1. The van der Waals surface area contributed by atoms with E-state index in [1.807, 2.05) is 5.38 Å². The smallest absolute Gasteiger partial charge is 0.0724 e. The van der Waals surface area contributed by atoms with Gasteiger partial charge in [0, 0.05) is 4.88 Å². The molecule has 0 radical (unpaired) electrons. The molecule has 11 heavy (non-hydrogen) atoms. The Morgan fingerprint density at radius 3 is 2.82 bits per heavy atom. The Balaban J connectivity index is 3.00. The molecule has 1 atom stereocenters. The molecule has 0 aromatic carbocycles. The van der Waals surface area contributed by atoms with Crippen LogP contribution in [0.25, 0.3) is 0 Å². The fourth-order valence-electron chi connectivity index (χ4n) is 0.773. The summed E-state index contributed by atoms with van der Waals surface area (Å²) in [6, 6.07) is 1.78. The number of thiophene rings is 1. The molecule has 0 aliphatic carbocycles. The maximum atomic E-state index is 8.91. The summed E-state index contributed by atoms with van der Waals surface area (Å²) in [5.74, 6) is 0. The van der Waals surface area contributed by atoms with E-state index in [1.54, 1.807) is 13.0 Å². The Morgan fingerprint density at radius 1 is 1.82 bits per heavy atom. The van der Waals surface area contributed by atoms with E-state index in [4.69, 9.17) is 22.4 Å². The Hall–Kier alpha value is -0.0900. The van der Waals surface area contributed by atoms with Crippen LogP contribution in [0.4, 0.5) is 0 Å². The van der Waals surface area contributed by atoms with Gasteiger partial charge in [0.2, 0.25) is 0 Å². The lowest BCUT2D eigenvalue weighted by atomic mass is 10.0. The Morgan fingerprint density at radius 2 is 2.45 bits per heavy atom. The predicted octanol–water partition coefficient (Wildman–Crippen LogP) is 1.57. The summed E-state index contributed by atoms with van der Waals surface area (Å²) < 4.78 is 0. The summed E-state index contributed by atoms with van der Waals surface area (Å²) in [5, 5.41) is 11.4. The van der Waals surface area contributed by atoms with E-state index >= 15 is 0 Å². The molecule has 1 aromatic heterocycles. The van der Waals surface area contributed by atoms with Gasteiger partial charge in [0.25, 0.3) is 0 Å². The first-order valence-corrected chi connectivity index (χ1v) is 4.47. The lowest BCUT2D eigenvalue weighted by molar-refractivity contribution is 0.212. The first-order chi connectivity index (χ1) is 5.08. The van der Waals surface area contributed by atoms with Crippen molar-refractivity contribution >= 4 is 22.9 Å². The van der Waals surface area contributed by atoms with Crippen molar-refractivity contribution in [3.8, 4) is 0 Å². The van der Waals surface area contributed by atoms with Gasteiger partial charge in [-0.15, -0.1) is 11.3 Å². The zero-order chi connectivity index (χ0) is 8.48. The molecule has 4 heteroatoms.